The highest BCUT2D eigenvalue weighted by Gasteiger charge is 2.28. The van der Waals surface area contributed by atoms with E-state index in [0.29, 0.717) is 12.0 Å². The Morgan fingerprint density at radius 3 is 2.39 bits per heavy atom. The number of aryl methyl sites for hydroxylation is 1. The van der Waals surface area contributed by atoms with Crippen LogP contribution in [-0.2, 0) is 26.2 Å². The van der Waals surface area contributed by atoms with Gasteiger partial charge in [0.05, 0.1) is 4.90 Å². The number of rotatable bonds is 9. The van der Waals surface area contributed by atoms with E-state index in [9.17, 15) is 22.8 Å². The van der Waals surface area contributed by atoms with Crippen LogP contribution in [-0.4, -0.2) is 44.1 Å². The molecule has 9 heteroatoms. The van der Waals surface area contributed by atoms with Crippen LogP contribution < -0.4 is 10.0 Å². The number of hydrogen-bond donors (Lipinski definition) is 2. The van der Waals surface area contributed by atoms with Gasteiger partial charge in [-0.1, -0.05) is 36.4 Å². The quantitative estimate of drug-likeness (QED) is 0.453. The van der Waals surface area contributed by atoms with Gasteiger partial charge in [0.15, 0.2) is 0 Å². The number of sulfonamides is 1. The summed E-state index contributed by atoms with van der Waals surface area (Å²) in [5.41, 5.74) is 1.73. The van der Waals surface area contributed by atoms with Crippen LogP contribution in [0.2, 0.25) is 0 Å². The number of likely N-dealkylation sites (tertiary alicyclic amines) is 1. The molecular formula is C22H25N3O5S. The molecule has 0 spiro atoms. The van der Waals surface area contributed by atoms with Crippen LogP contribution in [0.15, 0.2) is 53.4 Å². The maximum Gasteiger partial charge on any atom is 0.251 e. The minimum atomic E-state index is -3.79. The van der Waals surface area contributed by atoms with E-state index in [2.05, 4.69) is 10.0 Å². The molecule has 3 rings (SSSR count). The average Bonchev–Trinajstić information content (AvgIpc) is 3.08. The highest BCUT2D eigenvalue weighted by Crippen LogP contribution is 2.16. The molecule has 3 amide bonds. The van der Waals surface area contributed by atoms with Crippen molar-refractivity contribution in [1.82, 2.24) is 14.9 Å². The molecule has 1 fully saturated rings. The predicted molar refractivity (Wildman–Crippen MR) is 115 cm³/mol. The molecule has 0 radical (unpaired) electrons. The minimum absolute atomic E-state index is 0.00689. The predicted octanol–water partition coefficient (Wildman–Crippen LogP) is 1.74. The van der Waals surface area contributed by atoms with Crippen molar-refractivity contribution in [3.63, 3.8) is 0 Å². The molecule has 0 saturated carbocycles. The molecule has 2 aromatic carbocycles. The molecule has 2 aromatic rings. The number of carbonyl (C=O) groups is 3. The minimum Gasteiger partial charge on any atom is -0.352 e. The monoisotopic (exact) mass is 443 g/mol. The molecule has 0 atom stereocenters. The van der Waals surface area contributed by atoms with Crippen molar-refractivity contribution in [2.45, 2.75) is 37.6 Å². The van der Waals surface area contributed by atoms with Gasteiger partial charge < -0.3 is 5.32 Å². The summed E-state index contributed by atoms with van der Waals surface area (Å²) in [6, 6.07) is 13.5. The summed E-state index contributed by atoms with van der Waals surface area (Å²) in [7, 11) is -3.79. The van der Waals surface area contributed by atoms with E-state index < -0.39 is 15.9 Å². The number of carbonyl (C=O) groups excluding carboxylic acids is 3. The Kier molecular flexibility index (Phi) is 7.19. The zero-order valence-electron chi connectivity index (χ0n) is 17.3. The Balaban J connectivity index is 1.59. The average molecular weight is 444 g/mol. The molecule has 31 heavy (non-hydrogen) atoms. The summed E-state index contributed by atoms with van der Waals surface area (Å²) in [5, 5.41) is 2.73. The fourth-order valence-electron chi connectivity index (χ4n) is 3.28. The largest absolute Gasteiger partial charge is 0.352 e. The third kappa shape index (κ3) is 5.77. The summed E-state index contributed by atoms with van der Waals surface area (Å²) in [4.78, 5) is 37.0. The van der Waals surface area contributed by atoms with Gasteiger partial charge in [0.25, 0.3) is 5.91 Å². The topological polar surface area (TPSA) is 113 Å². The van der Waals surface area contributed by atoms with Crippen molar-refractivity contribution >= 4 is 27.7 Å². The number of nitrogens with one attached hydrogen (secondary N) is 2. The van der Waals surface area contributed by atoms with Gasteiger partial charge in [0.1, 0.15) is 0 Å². The van der Waals surface area contributed by atoms with E-state index in [1.165, 1.54) is 17.0 Å². The highest BCUT2D eigenvalue weighted by atomic mass is 32.2. The molecule has 0 bridgehead atoms. The fourth-order valence-corrected chi connectivity index (χ4v) is 4.32. The van der Waals surface area contributed by atoms with Gasteiger partial charge in [-0.05, 0) is 36.6 Å². The molecule has 0 unspecified atom stereocenters. The Labute approximate surface area is 181 Å². The first kappa shape index (κ1) is 22.6. The SMILES string of the molecule is Cc1ccc(S(=O)(=O)NCc2ccccc2)cc1C(=O)NCCCN1C(=O)CCC1=O. The number of benzene rings is 2. The molecule has 0 aliphatic carbocycles. The lowest BCUT2D eigenvalue weighted by atomic mass is 10.1. The lowest BCUT2D eigenvalue weighted by molar-refractivity contribution is -0.138. The molecule has 1 aliphatic heterocycles. The number of imide groups is 1. The van der Waals surface area contributed by atoms with E-state index in [0.717, 1.165) is 5.56 Å². The van der Waals surface area contributed by atoms with Crippen LogP contribution in [0.3, 0.4) is 0 Å². The maximum atomic E-state index is 12.6. The van der Waals surface area contributed by atoms with Gasteiger partial charge in [-0.15, -0.1) is 0 Å². The van der Waals surface area contributed by atoms with Gasteiger partial charge in [-0.25, -0.2) is 13.1 Å². The highest BCUT2D eigenvalue weighted by molar-refractivity contribution is 7.89. The Hall–Kier alpha value is -3.04. The zero-order chi connectivity index (χ0) is 22.4. The molecule has 1 heterocycles. The number of nitrogens with zero attached hydrogens (tertiary/aromatic N) is 1. The lowest BCUT2D eigenvalue weighted by Crippen LogP contribution is -2.33. The molecular weight excluding hydrogens is 418 g/mol. The molecule has 2 N–H and O–H groups in total. The zero-order valence-corrected chi connectivity index (χ0v) is 18.1. The summed E-state index contributed by atoms with van der Waals surface area (Å²) < 4.78 is 27.8. The smallest absolute Gasteiger partial charge is 0.251 e. The first-order valence-corrected chi connectivity index (χ1v) is 11.5. The molecule has 164 valence electrons. The van der Waals surface area contributed by atoms with Gasteiger partial charge in [-0.2, -0.15) is 0 Å². The third-order valence-corrected chi connectivity index (χ3v) is 6.47. The Morgan fingerprint density at radius 1 is 1.03 bits per heavy atom. The Morgan fingerprint density at radius 2 is 1.71 bits per heavy atom. The van der Waals surface area contributed by atoms with Gasteiger partial charge >= 0.3 is 0 Å². The second kappa shape index (κ2) is 9.84. The van der Waals surface area contributed by atoms with Crippen molar-refractivity contribution < 1.29 is 22.8 Å². The van der Waals surface area contributed by atoms with Crippen molar-refractivity contribution in [3.8, 4) is 0 Å². The van der Waals surface area contributed by atoms with Crippen LogP contribution in [0.25, 0.3) is 0 Å². The van der Waals surface area contributed by atoms with Crippen molar-refractivity contribution in [2.75, 3.05) is 13.1 Å². The van der Waals surface area contributed by atoms with E-state index in [4.69, 9.17) is 0 Å². The lowest BCUT2D eigenvalue weighted by Gasteiger charge is -2.14. The normalized spacial score (nSPS) is 14.2. The summed E-state index contributed by atoms with van der Waals surface area (Å²) in [6.07, 6.45) is 0.910. The molecule has 0 aromatic heterocycles. The van der Waals surface area contributed by atoms with Crippen LogP contribution in [0.5, 0.6) is 0 Å². The van der Waals surface area contributed by atoms with Crippen molar-refractivity contribution in [3.05, 3.63) is 65.2 Å². The molecule has 8 nitrogen and oxygen atoms in total. The summed E-state index contributed by atoms with van der Waals surface area (Å²) in [6.45, 7) is 2.39. The number of hydrogen-bond acceptors (Lipinski definition) is 5. The van der Waals surface area contributed by atoms with Crippen LogP contribution in [0.1, 0.15) is 40.7 Å². The summed E-state index contributed by atoms with van der Waals surface area (Å²) in [5.74, 6) is -0.780. The van der Waals surface area contributed by atoms with Crippen LogP contribution in [0.4, 0.5) is 0 Å². The first-order chi connectivity index (χ1) is 14.8. The third-order valence-electron chi connectivity index (χ3n) is 5.07. The van der Waals surface area contributed by atoms with Gasteiger partial charge in [0.2, 0.25) is 21.8 Å². The Bertz CT molecular complexity index is 1070. The second-order valence-corrected chi connectivity index (χ2v) is 9.10. The van der Waals surface area contributed by atoms with E-state index in [1.54, 1.807) is 13.0 Å². The van der Waals surface area contributed by atoms with E-state index >= 15 is 0 Å². The molecule has 1 saturated heterocycles. The second-order valence-electron chi connectivity index (χ2n) is 7.34. The fraction of sp³-hybridized carbons (Fsp3) is 0.318. The van der Waals surface area contributed by atoms with Crippen LogP contribution in [0, 0.1) is 6.92 Å². The standard InChI is InChI=1S/C22H25N3O5S/c1-16-8-9-18(31(29,30)24-15-17-6-3-2-4-7-17)14-19(16)22(28)23-12-5-13-25-20(26)10-11-21(25)27/h2-4,6-9,14,24H,5,10-13,15H2,1H3,(H,23,28). The van der Waals surface area contributed by atoms with Gasteiger partial charge in [0, 0.05) is 38.0 Å². The van der Waals surface area contributed by atoms with E-state index in [-0.39, 0.29) is 54.7 Å². The maximum absolute atomic E-state index is 12.6. The van der Waals surface area contributed by atoms with E-state index in [1.807, 2.05) is 30.3 Å². The summed E-state index contributed by atoms with van der Waals surface area (Å²) >= 11 is 0. The van der Waals surface area contributed by atoms with Crippen LogP contribution >= 0.6 is 0 Å². The number of amides is 3. The van der Waals surface area contributed by atoms with Crippen molar-refractivity contribution in [2.24, 2.45) is 0 Å². The molecule has 1 aliphatic rings. The van der Waals surface area contributed by atoms with Gasteiger partial charge in [-0.3, -0.25) is 19.3 Å². The first-order valence-electron chi connectivity index (χ1n) is 10.0. The van der Waals surface area contributed by atoms with Crippen molar-refractivity contribution in [1.29, 1.82) is 0 Å².